The Morgan fingerprint density at radius 1 is 0.541 bits per heavy atom. The van der Waals surface area contributed by atoms with E-state index in [1.54, 1.807) is 0 Å². The topological polar surface area (TPSA) is 25.2 Å². The van der Waals surface area contributed by atoms with Gasteiger partial charge in [-0.15, -0.1) is 0 Å². The van der Waals surface area contributed by atoms with Crippen molar-refractivity contribution in [2.45, 2.75) is 19.8 Å². The highest BCUT2D eigenvalue weighted by Gasteiger charge is 2.19. The molecule has 1 heterocycles. The largest absolute Gasteiger partial charge is 0.454 e. The van der Waals surface area contributed by atoms with E-state index in [1.165, 1.54) is 43.6 Å². The smallest absolute Gasteiger partial charge is 0.158 e. The summed E-state index contributed by atoms with van der Waals surface area (Å²) in [6, 6.07) is 40.9. The van der Waals surface area contributed by atoms with E-state index in [0.29, 0.717) is 5.92 Å². The van der Waals surface area contributed by atoms with Crippen LogP contribution in [0.15, 0.2) is 120 Å². The lowest BCUT2D eigenvalue weighted by atomic mass is 9.95. The van der Waals surface area contributed by atoms with Crippen LogP contribution in [0.4, 0.5) is 11.4 Å². The molecule has 1 aromatic heterocycles. The van der Waals surface area contributed by atoms with Crippen LogP contribution in [-0.4, -0.2) is 0 Å². The van der Waals surface area contributed by atoms with Gasteiger partial charge in [0.2, 0.25) is 0 Å². The molecule has 7 aromatic rings. The summed E-state index contributed by atoms with van der Waals surface area (Å²) in [6.07, 6.45) is 0. The second-order valence-electron chi connectivity index (χ2n) is 10.0. The van der Waals surface area contributed by atoms with Crippen LogP contribution in [0.5, 0.6) is 0 Å². The molecule has 0 saturated carbocycles. The highest BCUT2D eigenvalue weighted by atomic mass is 16.3. The molecule has 7 rings (SSSR count). The van der Waals surface area contributed by atoms with Gasteiger partial charge in [-0.2, -0.15) is 0 Å². The van der Waals surface area contributed by atoms with E-state index in [9.17, 15) is 0 Å². The van der Waals surface area contributed by atoms with Crippen LogP contribution in [0, 0.1) is 0 Å². The molecule has 178 valence electrons. The molecule has 2 nitrogen and oxygen atoms in total. The summed E-state index contributed by atoms with van der Waals surface area (Å²) in [5.74, 6) is 0.358. The highest BCUT2D eigenvalue weighted by Crippen LogP contribution is 2.43. The molecule has 0 saturated heterocycles. The molecular formula is C35H27NO. The van der Waals surface area contributed by atoms with Crippen LogP contribution >= 0.6 is 0 Å². The van der Waals surface area contributed by atoms with Crippen molar-refractivity contribution in [3.05, 3.63) is 121 Å². The van der Waals surface area contributed by atoms with Crippen LogP contribution < -0.4 is 5.32 Å². The fraction of sp³-hybridized carbons (Fsp3) is 0.0857. The third kappa shape index (κ3) is 3.48. The van der Waals surface area contributed by atoms with Gasteiger partial charge in [0, 0.05) is 22.0 Å². The number of nitrogens with one attached hydrogen (secondary N) is 1. The van der Waals surface area contributed by atoms with Crippen molar-refractivity contribution < 1.29 is 4.42 Å². The second-order valence-corrected chi connectivity index (χ2v) is 10.0. The number of anilines is 2. The lowest BCUT2D eigenvalue weighted by Crippen LogP contribution is -1.94. The summed E-state index contributed by atoms with van der Waals surface area (Å²) in [6.45, 7) is 4.46. The molecule has 0 spiro atoms. The summed E-state index contributed by atoms with van der Waals surface area (Å²) in [5.41, 5.74) is 7.53. The molecule has 0 aliphatic heterocycles. The Bertz CT molecular complexity index is 1940. The first kappa shape index (κ1) is 21.7. The van der Waals surface area contributed by atoms with Crippen molar-refractivity contribution in [1.82, 2.24) is 0 Å². The van der Waals surface area contributed by atoms with E-state index in [0.717, 1.165) is 27.9 Å². The maximum Gasteiger partial charge on any atom is 0.158 e. The van der Waals surface area contributed by atoms with Crippen molar-refractivity contribution in [3.8, 4) is 11.1 Å². The number of furan rings is 1. The van der Waals surface area contributed by atoms with Crippen LogP contribution in [-0.2, 0) is 0 Å². The van der Waals surface area contributed by atoms with Crippen molar-refractivity contribution >= 4 is 54.9 Å². The minimum Gasteiger partial charge on any atom is -0.454 e. The average Bonchev–Trinajstić information content (AvgIpc) is 3.33. The number of benzene rings is 6. The van der Waals surface area contributed by atoms with E-state index < -0.39 is 0 Å². The molecule has 0 atom stereocenters. The van der Waals surface area contributed by atoms with E-state index in [-0.39, 0.29) is 0 Å². The minimum atomic E-state index is 0.358. The molecule has 0 fully saturated rings. The van der Waals surface area contributed by atoms with Gasteiger partial charge < -0.3 is 9.73 Å². The molecule has 6 aromatic carbocycles. The van der Waals surface area contributed by atoms with E-state index in [4.69, 9.17) is 4.42 Å². The Labute approximate surface area is 216 Å². The third-order valence-corrected chi connectivity index (χ3v) is 7.42. The van der Waals surface area contributed by atoms with Crippen molar-refractivity contribution in [2.75, 3.05) is 5.32 Å². The summed E-state index contributed by atoms with van der Waals surface area (Å²) < 4.78 is 6.71. The fourth-order valence-corrected chi connectivity index (χ4v) is 5.63. The summed E-state index contributed by atoms with van der Waals surface area (Å²) in [5, 5.41) is 11.0. The molecule has 0 aliphatic carbocycles. The van der Waals surface area contributed by atoms with Gasteiger partial charge in [-0.1, -0.05) is 111 Å². The Morgan fingerprint density at radius 2 is 1.16 bits per heavy atom. The average molecular weight is 478 g/mol. The van der Waals surface area contributed by atoms with Crippen molar-refractivity contribution in [3.63, 3.8) is 0 Å². The first-order valence-corrected chi connectivity index (χ1v) is 12.9. The number of rotatable bonds is 4. The third-order valence-electron chi connectivity index (χ3n) is 7.42. The van der Waals surface area contributed by atoms with Gasteiger partial charge in [-0.3, -0.25) is 0 Å². The minimum absolute atomic E-state index is 0.358. The zero-order valence-corrected chi connectivity index (χ0v) is 21.0. The quantitative estimate of drug-likeness (QED) is 0.273. The van der Waals surface area contributed by atoms with Crippen molar-refractivity contribution in [2.24, 2.45) is 0 Å². The standard InChI is InChI=1S/C35H27NO/c1-22(2)30-21-24-12-4-6-15-26(24)33-29-18-10-20-32(34(29)37-35(30)33)36-31-19-8-7-16-28(31)27-17-9-13-23-11-3-5-14-25(23)27/h3-22,36H,1-2H3. The summed E-state index contributed by atoms with van der Waals surface area (Å²) in [7, 11) is 0. The first-order chi connectivity index (χ1) is 18.2. The van der Waals surface area contributed by atoms with Crippen LogP contribution in [0.1, 0.15) is 25.3 Å². The predicted molar refractivity (Wildman–Crippen MR) is 158 cm³/mol. The monoisotopic (exact) mass is 477 g/mol. The zero-order valence-electron chi connectivity index (χ0n) is 21.0. The Kier molecular flexibility index (Phi) is 5.00. The molecule has 0 unspecified atom stereocenters. The van der Waals surface area contributed by atoms with Gasteiger partial charge in [0.1, 0.15) is 5.58 Å². The highest BCUT2D eigenvalue weighted by molar-refractivity contribution is 6.21. The maximum atomic E-state index is 6.71. The van der Waals surface area contributed by atoms with Crippen molar-refractivity contribution in [1.29, 1.82) is 0 Å². The number of para-hydroxylation sites is 2. The lowest BCUT2D eigenvalue weighted by Gasteiger charge is -2.14. The molecule has 1 N–H and O–H groups in total. The van der Waals surface area contributed by atoms with Gasteiger partial charge in [0.25, 0.3) is 0 Å². The molecular weight excluding hydrogens is 450 g/mol. The van der Waals surface area contributed by atoms with E-state index >= 15 is 0 Å². The van der Waals surface area contributed by atoms with Crippen LogP contribution in [0.25, 0.3) is 54.6 Å². The van der Waals surface area contributed by atoms with E-state index in [1.807, 2.05) is 0 Å². The SMILES string of the molecule is CC(C)c1cc2ccccc2c2c1oc1c(Nc3ccccc3-c3cccc4ccccc34)cccc12. The molecule has 0 amide bonds. The summed E-state index contributed by atoms with van der Waals surface area (Å²) in [4.78, 5) is 0. The molecule has 2 heteroatoms. The summed E-state index contributed by atoms with van der Waals surface area (Å²) >= 11 is 0. The Morgan fingerprint density at radius 3 is 2.03 bits per heavy atom. The van der Waals surface area contributed by atoms with Gasteiger partial charge >= 0.3 is 0 Å². The Hall–Kier alpha value is -4.56. The maximum absolute atomic E-state index is 6.71. The number of fused-ring (bicyclic) bond motifs is 6. The number of hydrogen-bond acceptors (Lipinski definition) is 2. The van der Waals surface area contributed by atoms with Crippen LogP contribution in [0.3, 0.4) is 0 Å². The first-order valence-electron chi connectivity index (χ1n) is 12.9. The van der Waals surface area contributed by atoms with Crippen LogP contribution in [0.2, 0.25) is 0 Å². The van der Waals surface area contributed by atoms with Gasteiger partial charge in [-0.05, 0) is 56.8 Å². The second kappa shape index (κ2) is 8.53. The van der Waals surface area contributed by atoms with Gasteiger partial charge in [0.15, 0.2) is 5.58 Å². The zero-order chi connectivity index (χ0) is 24.9. The lowest BCUT2D eigenvalue weighted by molar-refractivity contribution is 0.658. The number of hydrogen-bond donors (Lipinski definition) is 1. The van der Waals surface area contributed by atoms with Gasteiger partial charge in [-0.25, -0.2) is 0 Å². The molecule has 0 bridgehead atoms. The normalized spacial score (nSPS) is 11.8. The predicted octanol–water partition coefficient (Wildman–Crippen LogP) is 10.4. The van der Waals surface area contributed by atoms with E-state index in [2.05, 4.69) is 134 Å². The Balaban J connectivity index is 1.45. The molecule has 37 heavy (non-hydrogen) atoms. The van der Waals surface area contributed by atoms with Gasteiger partial charge in [0.05, 0.1) is 5.69 Å². The fourth-order valence-electron chi connectivity index (χ4n) is 5.63. The molecule has 0 aliphatic rings. The molecule has 0 radical (unpaired) electrons.